The van der Waals surface area contributed by atoms with E-state index in [1.165, 1.54) is 4.90 Å². The third kappa shape index (κ3) is 13.2. The standard InChI is InChI=1S/C44H61N5O10/c1-5-14-33(39(52)41(54)45-26-36(51)48-38(30-18-10-7-11-19-30)43(56)59-44(2,3)4)46-40(53)34-25-32-27-49(34)42(55)37(29-16-8-6-9-17-29)47-35(50)24-28-15-12-20-31(23-28)57-21-13-22-58-32/h7,10-12,15,18-20,23,29,32-34,37-39,52H,5-6,8-9,13-14,16-17,21-22,24-27H2,1-4H3,(H,45,54)(H,46,53)(H,47,50)(H,48,51)/t32-,33?,34+,37+,38+,39?/m1/s1. The van der Waals surface area contributed by atoms with E-state index >= 15 is 0 Å². The van der Waals surface area contributed by atoms with Crippen LogP contribution in [0.3, 0.4) is 0 Å². The number of aliphatic hydroxyl groups excluding tert-OH is 1. The Morgan fingerprint density at radius 3 is 2.42 bits per heavy atom. The average molecular weight is 820 g/mol. The summed E-state index contributed by atoms with van der Waals surface area (Å²) >= 11 is 0. The molecule has 0 aromatic heterocycles. The van der Waals surface area contributed by atoms with Crippen molar-refractivity contribution in [3.05, 3.63) is 65.7 Å². The van der Waals surface area contributed by atoms with Crippen LogP contribution >= 0.6 is 0 Å². The lowest BCUT2D eigenvalue weighted by Crippen LogP contribution is -2.58. The number of hydrogen-bond donors (Lipinski definition) is 5. The summed E-state index contributed by atoms with van der Waals surface area (Å²) in [7, 11) is 0. The molecule has 2 aliphatic heterocycles. The van der Waals surface area contributed by atoms with Gasteiger partial charge in [-0.05, 0) is 69.2 Å². The van der Waals surface area contributed by atoms with Crippen molar-refractivity contribution in [3.63, 3.8) is 0 Å². The third-order valence-electron chi connectivity index (χ3n) is 10.8. The van der Waals surface area contributed by atoms with E-state index in [1.54, 1.807) is 51.1 Å². The quantitative estimate of drug-likeness (QED) is 0.198. The van der Waals surface area contributed by atoms with Crippen LogP contribution in [0.1, 0.15) is 103 Å². The van der Waals surface area contributed by atoms with Crippen LogP contribution in [0.15, 0.2) is 54.6 Å². The zero-order valence-corrected chi connectivity index (χ0v) is 34.7. The first-order valence-electron chi connectivity index (χ1n) is 21.0. The average Bonchev–Trinajstić information content (AvgIpc) is 3.64. The molecule has 15 nitrogen and oxygen atoms in total. The van der Waals surface area contributed by atoms with Crippen molar-refractivity contribution >= 4 is 35.5 Å². The fraction of sp³-hybridized carbons (Fsp3) is 0.591. The zero-order chi connectivity index (χ0) is 42.5. The van der Waals surface area contributed by atoms with Gasteiger partial charge in [0.1, 0.15) is 23.4 Å². The van der Waals surface area contributed by atoms with Crippen LogP contribution in [0.2, 0.25) is 0 Å². The lowest BCUT2D eigenvalue weighted by molar-refractivity contribution is -0.158. The summed E-state index contributed by atoms with van der Waals surface area (Å²) in [4.78, 5) is 83.2. The molecule has 2 fully saturated rings. The van der Waals surface area contributed by atoms with Crippen molar-refractivity contribution in [1.29, 1.82) is 0 Å². The van der Waals surface area contributed by atoms with Crippen molar-refractivity contribution in [3.8, 4) is 5.75 Å². The molecule has 5 amide bonds. The summed E-state index contributed by atoms with van der Waals surface area (Å²) in [5.74, 6) is -2.99. The second-order valence-electron chi connectivity index (χ2n) is 16.7. The number of nitrogens with zero attached hydrogens (tertiary/aromatic N) is 1. The van der Waals surface area contributed by atoms with Gasteiger partial charge in [-0.15, -0.1) is 0 Å². The maximum Gasteiger partial charge on any atom is 0.333 e. The number of esters is 1. The minimum absolute atomic E-state index is 0.0566. The topological polar surface area (TPSA) is 202 Å². The fourth-order valence-corrected chi connectivity index (χ4v) is 7.94. The van der Waals surface area contributed by atoms with E-state index in [0.717, 1.165) is 37.7 Å². The van der Waals surface area contributed by atoms with Crippen LogP contribution < -0.4 is 26.0 Å². The Balaban J connectivity index is 1.27. The summed E-state index contributed by atoms with van der Waals surface area (Å²) in [5, 5.41) is 22.1. The molecule has 59 heavy (non-hydrogen) atoms. The van der Waals surface area contributed by atoms with E-state index < -0.39 is 72.2 Å². The van der Waals surface area contributed by atoms with Gasteiger partial charge in [0.05, 0.1) is 38.3 Å². The first-order chi connectivity index (χ1) is 28.2. The van der Waals surface area contributed by atoms with Crippen LogP contribution in [-0.2, 0) is 44.7 Å². The van der Waals surface area contributed by atoms with E-state index in [4.69, 9.17) is 14.2 Å². The highest BCUT2D eigenvalue weighted by atomic mass is 16.6. The number of aliphatic hydroxyl groups is 1. The molecular weight excluding hydrogens is 759 g/mol. The predicted molar refractivity (Wildman–Crippen MR) is 218 cm³/mol. The van der Waals surface area contributed by atoms with Crippen LogP contribution in [0.25, 0.3) is 0 Å². The number of benzene rings is 2. The molecular formula is C44H61N5O10. The number of carbonyl (C=O) groups excluding carboxylic acids is 6. The maximum atomic E-state index is 14.6. The molecule has 6 atom stereocenters. The molecule has 1 saturated carbocycles. The molecule has 322 valence electrons. The van der Waals surface area contributed by atoms with E-state index in [-0.39, 0.29) is 43.5 Å². The highest BCUT2D eigenvalue weighted by molar-refractivity contribution is 5.94. The molecule has 2 aromatic carbocycles. The lowest BCUT2D eigenvalue weighted by atomic mass is 9.83. The lowest BCUT2D eigenvalue weighted by Gasteiger charge is -2.35. The van der Waals surface area contributed by atoms with Crippen LogP contribution in [-0.4, -0.2) is 108 Å². The molecule has 2 aromatic rings. The fourth-order valence-electron chi connectivity index (χ4n) is 7.94. The number of rotatable bonds is 12. The molecule has 0 radical (unpaired) electrons. The molecule has 2 heterocycles. The monoisotopic (exact) mass is 819 g/mol. The first-order valence-corrected chi connectivity index (χ1v) is 21.0. The Morgan fingerprint density at radius 1 is 0.966 bits per heavy atom. The van der Waals surface area contributed by atoms with Crippen LogP contribution in [0, 0.1) is 5.92 Å². The number of amides is 5. The Kier molecular flexibility index (Phi) is 16.3. The second kappa shape index (κ2) is 21.3. The Labute approximate surface area is 346 Å². The summed E-state index contributed by atoms with van der Waals surface area (Å²) < 4.78 is 17.6. The molecule has 5 N–H and O–H groups in total. The summed E-state index contributed by atoms with van der Waals surface area (Å²) in [6, 6.07) is 11.8. The number of fused-ring (bicyclic) bond motifs is 4. The van der Waals surface area contributed by atoms with Crippen molar-refractivity contribution < 1.29 is 48.1 Å². The molecule has 1 aliphatic carbocycles. The van der Waals surface area contributed by atoms with Crippen LogP contribution in [0.4, 0.5) is 0 Å². The molecule has 4 bridgehead atoms. The van der Waals surface area contributed by atoms with Crippen molar-refractivity contribution in [2.45, 2.75) is 134 Å². The zero-order valence-electron chi connectivity index (χ0n) is 34.7. The smallest absolute Gasteiger partial charge is 0.333 e. The van der Waals surface area contributed by atoms with Gasteiger partial charge in [-0.3, -0.25) is 24.0 Å². The molecule has 2 unspecified atom stereocenters. The Morgan fingerprint density at radius 2 is 1.71 bits per heavy atom. The van der Waals surface area contributed by atoms with E-state index in [1.807, 2.05) is 31.2 Å². The Hall–Kier alpha value is -5.02. The number of hydrogen-bond acceptors (Lipinski definition) is 10. The molecule has 1 saturated heterocycles. The molecule has 3 aliphatic rings. The van der Waals surface area contributed by atoms with Crippen LogP contribution in [0.5, 0.6) is 5.75 Å². The van der Waals surface area contributed by atoms with Gasteiger partial charge in [0, 0.05) is 19.4 Å². The largest absolute Gasteiger partial charge is 0.493 e. The SMILES string of the molecule is CCCC(NC(=O)[C@@H]1C[C@@H]2CN1C(=O)[C@H](C1CCCCC1)NC(=O)Cc1cccc(c1)OCCCO2)C(O)C(=O)NCC(=O)N[C@H](C(=O)OC(C)(C)C)c1ccccc1. The second-order valence-corrected chi connectivity index (χ2v) is 16.7. The van der Waals surface area contributed by atoms with Gasteiger partial charge in [-0.1, -0.05) is 75.1 Å². The number of carbonyl (C=O) groups is 6. The molecule has 5 rings (SSSR count). The summed E-state index contributed by atoms with van der Waals surface area (Å²) in [6.07, 6.45) is 3.68. The van der Waals surface area contributed by atoms with Gasteiger partial charge in [-0.25, -0.2) is 4.79 Å². The van der Waals surface area contributed by atoms with Crippen molar-refractivity contribution in [2.24, 2.45) is 5.92 Å². The van der Waals surface area contributed by atoms with E-state index in [0.29, 0.717) is 37.4 Å². The summed E-state index contributed by atoms with van der Waals surface area (Å²) in [6.45, 7) is 7.23. The highest BCUT2D eigenvalue weighted by Crippen LogP contribution is 2.31. The van der Waals surface area contributed by atoms with E-state index in [2.05, 4.69) is 21.3 Å². The van der Waals surface area contributed by atoms with E-state index in [9.17, 15) is 33.9 Å². The maximum absolute atomic E-state index is 14.6. The van der Waals surface area contributed by atoms with Gasteiger partial charge >= 0.3 is 5.97 Å². The third-order valence-corrected chi connectivity index (χ3v) is 10.8. The van der Waals surface area contributed by atoms with Gasteiger partial charge in [0.15, 0.2) is 12.1 Å². The number of nitrogens with one attached hydrogen (secondary N) is 4. The normalized spacial score (nSPS) is 22.2. The summed E-state index contributed by atoms with van der Waals surface area (Å²) in [5.41, 5.74) is 0.420. The minimum atomic E-state index is -1.75. The van der Waals surface area contributed by atoms with Crippen molar-refractivity contribution in [2.75, 3.05) is 26.3 Å². The van der Waals surface area contributed by atoms with Gasteiger partial charge < -0.3 is 45.5 Å². The first kappa shape index (κ1) is 45.1. The molecule has 15 heteroatoms. The minimum Gasteiger partial charge on any atom is -0.493 e. The van der Waals surface area contributed by atoms with Gasteiger partial charge in [-0.2, -0.15) is 0 Å². The van der Waals surface area contributed by atoms with Crippen molar-refractivity contribution in [1.82, 2.24) is 26.2 Å². The highest BCUT2D eigenvalue weighted by Gasteiger charge is 2.45. The number of ether oxygens (including phenoxy) is 3. The van der Waals surface area contributed by atoms with Gasteiger partial charge in [0.2, 0.25) is 23.6 Å². The molecule has 0 spiro atoms. The Bertz CT molecular complexity index is 1760. The van der Waals surface area contributed by atoms with Gasteiger partial charge in [0.25, 0.3) is 5.91 Å². The predicted octanol–water partition coefficient (Wildman–Crippen LogP) is 3.02.